The van der Waals surface area contributed by atoms with E-state index in [9.17, 15) is 4.79 Å². The number of anilines is 2. The molecule has 1 N–H and O–H groups in total. The Hall–Kier alpha value is -1.81. The Kier molecular flexibility index (Phi) is 4.78. The molecule has 1 fully saturated rings. The number of hydrogen-bond acceptors (Lipinski definition) is 2. The largest absolute Gasteiger partial charge is 0.372 e. The number of halogens is 1. The van der Waals surface area contributed by atoms with Gasteiger partial charge in [-0.2, -0.15) is 0 Å². The zero-order valence-corrected chi connectivity index (χ0v) is 14.0. The van der Waals surface area contributed by atoms with Gasteiger partial charge in [0.05, 0.1) is 0 Å². The predicted molar refractivity (Wildman–Crippen MR) is 94.6 cm³/mol. The number of amides is 1. The van der Waals surface area contributed by atoms with Crippen molar-refractivity contribution in [2.45, 2.75) is 19.3 Å². The van der Waals surface area contributed by atoms with Gasteiger partial charge in [-0.05, 0) is 61.7 Å². The lowest BCUT2D eigenvalue weighted by molar-refractivity contribution is 0.102. The van der Waals surface area contributed by atoms with Crippen LogP contribution in [0, 0.1) is 0 Å². The van der Waals surface area contributed by atoms with E-state index in [0.717, 1.165) is 23.2 Å². The quantitative estimate of drug-likeness (QED) is 0.862. The van der Waals surface area contributed by atoms with Crippen molar-refractivity contribution in [1.29, 1.82) is 0 Å². The van der Waals surface area contributed by atoms with Crippen molar-refractivity contribution in [3.05, 3.63) is 58.6 Å². The van der Waals surface area contributed by atoms with Crippen LogP contribution >= 0.6 is 15.9 Å². The smallest absolute Gasteiger partial charge is 0.255 e. The first kappa shape index (κ1) is 15.1. The Morgan fingerprint density at radius 2 is 1.73 bits per heavy atom. The average Bonchev–Trinajstić information content (AvgIpc) is 2.56. The Morgan fingerprint density at radius 1 is 1.00 bits per heavy atom. The third-order valence-electron chi connectivity index (χ3n) is 3.93. The predicted octanol–water partition coefficient (Wildman–Crippen LogP) is 4.69. The normalized spacial score (nSPS) is 14.7. The Balaban J connectivity index is 1.68. The zero-order valence-electron chi connectivity index (χ0n) is 12.4. The van der Waals surface area contributed by atoms with Gasteiger partial charge in [0, 0.05) is 34.5 Å². The summed E-state index contributed by atoms with van der Waals surface area (Å²) < 4.78 is 0.950. The average molecular weight is 359 g/mol. The van der Waals surface area contributed by atoms with E-state index in [4.69, 9.17) is 0 Å². The van der Waals surface area contributed by atoms with Crippen LogP contribution in [0.5, 0.6) is 0 Å². The number of nitrogens with one attached hydrogen (secondary N) is 1. The van der Waals surface area contributed by atoms with Gasteiger partial charge in [0.1, 0.15) is 0 Å². The van der Waals surface area contributed by atoms with Crippen LogP contribution in [-0.4, -0.2) is 19.0 Å². The fourth-order valence-corrected chi connectivity index (χ4v) is 3.14. The molecule has 1 aliphatic heterocycles. The van der Waals surface area contributed by atoms with Gasteiger partial charge in [-0.3, -0.25) is 4.79 Å². The molecule has 1 heterocycles. The number of piperidine rings is 1. The van der Waals surface area contributed by atoms with E-state index in [1.165, 1.54) is 24.9 Å². The highest BCUT2D eigenvalue weighted by molar-refractivity contribution is 9.10. The molecule has 3 nitrogen and oxygen atoms in total. The van der Waals surface area contributed by atoms with Crippen molar-refractivity contribution < 1.29 is 4.79 Å². The molecule has 1 aliphatic rings. The van der Waals surface area contributed by atoms with E-state index in [0.29, 0.717) is 5.56 Å². The van der Waals surface area contributed by atoms with E-state index < -0.39 is 0 Å². The Labute approximate surface area is 139 Å². The molecular formula is C18H19BrN2O. The van der Waals surface area contributed by atoms with E-state index in [2.05, 4.69) is 26.1 Å². The molecule has 2 aromatic carbocycles. The van der Waals surface area contributed by atoms with E-state index in [1.54, 1.807) is 0 Å². The zero-order chi connectivity index (χ0) is 15.4. The van der Waals surface area contributed by atoms with Gasteiger partial charge >= 0.3 is 0 Å². The summed E-state index contributed by atoms with van der Waals surface area (Å²) in [5.41, 5.74) is 2.68. The summed E-state index contributed by atoms with van der Waals surface area (Å²) in [6.45, 7) is 2.23. The van der Waals surface area contributed by atoms with Crippen LogP contribution < -0.4 is 10.2 Å². The minimum Gasteiger partial charge on any atom is -0.372 e. The van der Waals surface area contributed by atoms with Crippen LogP contribution in [0.2, 0.25) is 0 Å². The highest BCUT2D eigenvalue weighted by Gasteiger charge is 2.12. The first-order valence-electron chi connectivity index (χ1n) is 7.64. The second kappa shape index (κ2) is 6.97. The summed E-state index contributed by atoms with van der Waals surface area (Å²) in [5.74, 6) is -0.0803. The standard InChI is InChI=1S/C18H19BrN2O/c19-15-5-4-6-16(13-15)20-18(22)14-7-9-17(10-8-14)21-11-2-1-3-12-21/h4-10,13H,1-3,11-12H2,(H,20,22). The first-order chi connectivity index (χ1) is 10.7. The first-order valence-corrected chi connectivity index (χ1v) is 8.43. The van der Waals surface area contributed by atoms with Gasteiger partial charge in [0.25, 0.3) is 5.91 Å². The SMILES string of the molecule is O=C(Nc1cccc(Br)c1)c1ccc(N2CCCCC2)cc1. The van der Waals surface area contributed by atoms with Crippen molar-refractivity contribution >= 4 is 33.2 Å². The summed E-state index contributed by atoms with van der Waals surface area (Å²) in [7, 11) is 0. The van der Waals surface area contributed by atoms with E-state index >= 15 is 0 Å². The van der Waals surface area contributed by atoms with Crippen LogP contribution in [-0.2, 0) is 0 Å². The van der Waals surface area contributed by atoms with Crippen molar-refractivity contribution in [2.75, 3.05) is 23.3 Å². The monoisotopic (exact) mass is 358 g/mol. The Morgan fingerprint density at radius 3 is 2.41 bits per heavy atom. The van der Waals surface area contributed by atoms with Crippen LogP contribution in [0.15, 0.2) is 53.0 Å². The fraction of sp³-hybridized carbons (Fsp3) is 0.278. The summed E-state index contributed by atoms with van der Waals surface area (Å²) in [6.07, 6.45) is 3.83. The number of benzene rings is 2. The molecule has 0 bridgehead atoms. The molecule has 0 spiro atoms. The lowest BCUT2D eigenvalue weighted by Crippen LogP contribution is -2.29. The maximum absolute atomic E-state index is 12.3. The second-order valence-electron chi connectivity index (χ2n) is 5.56. The molecule has 0 radical (unpaired) electrons. The van der Waals surface area contributed by atoms with Crippen molar-refractivity contribution in [1.82, 2.24) is 0 Å². The van der Waals surface area contributed by atoms with Gasteiger partial charge in [-0.25, -0.2) is 0 Å². The minimum atomic E-state index is -0.0803. The number of hydrogen-bond donors (Lipinski definition) is 1. The minimum absolute atomic E-state index is 0.0803. The molecule has 0 saturated carbocycles. The third kappa shape index (κ3) is 3.69. The second-order valence-corrected chi connectivity index (χ2v) is 6.47. The number of rotatable bonds is 3. The number of carbonyl (C=O) groups is 1. The molecule has 1 amide bonds. The summed E-state index contributed by atoms with van der Waals surface area (Å²) in [5, 5.41) is 2.92. The molecule has 0 unspecified atom stereocenters. The van der Waals surface area contributed by atoms with Crippen molar-refractivity contribution in [3.8, 4) is 0 Å². The molecule has 0 atom stereocenters. The molecule has 0 aromatic heterocycles. The summed E-state index contributed by atoms with van der Waals surface area (Å²) >= 11 is 3.41. The molecule has 2 aromatic rings. The molecule has 114 valence electrons. The molecule has 0 aliphatic carbocycles. The molecular weight excluding hydrogens is 340 g/mol. The van der Waals surface area contributed by atoms with Crippen molar-refractivity contribution in [3.63, 3.8) is 0 Å². The lowest BCUT2D eigenvalue weighted by Gasteiger charge is -2.28. The molecule has 4 heteroatoms. The maximum Gasteiger partial charge on any atom is 0.255 e. The fourth-order valence-electron chi connectivity index (χ4n) is 2.75. The molecule has 1 saturated heterocycles. The number of nitrogens with zero attached hydrogens (tertiary/aromatic N) is 1. The third-order valence-corrected chi connectivity index (χ3v) is 4.43. The Bertz CT molecular complexity index is 648. The van der Waals surface area contributed by atoms with Crippen LogP contribution in [0.1, 0.15) is 29.6 Å². The summed E-state index contributed by atoms with van der Waals surface area (Å²) in [6, 6.07) is 15.5. The summed E-state index contributed by atoms with van der Waals surface area (Å²) in [4.78, 5) is 14.7. The highest BCUT2D eigenvalue weighted by atomic mass is 79.9. The topological polar surface area (TPSA) is 32.3 Å². The number of carbonyl (C=O) groups excluding carboxylic acids is 1. The van der Waals surface area contributed by atoms with Gasteiger partial charge < -0.3 is 10.2 Å². The molecule has 22 heavy (non-hydrogen) atoms. The van der Waals surface area contributed by atoms with E-state index in [-0.39, 0.29) is 5.91 Å². The van der Waals surface area contributed by atoms with Crippen LogP contribution in [0.3, 0.4) is 0 Å². The lowest BCUT2D eigenvalue weighted by atomic mass is 10.1. The van der Waals surface area contributed by atoms with E-state index in [1.807, 2.05) is 48.5 Å². The van der Waals surface area contributed by atoms with Crippen molar-refractivity contribution in [2.24, 2.45) is 0 Å². The van der Waals surface area contributed by atoms with Gasteiger partial charge in [-0.15, -0.1) is 0 Å². The van der Waals surface area contributed by atoms with Gasteiger partial charge in [0.2, 0.25) is 0 Å². The highest BCUT2D eigenvalue weighted by Crippen LogP contribution is 2.21. The van der Waals surface area contributed by atoms with Gasteiger partial charge in [0.15, 0.2) is 0 Å². The van der Waals surface area contributed by atoms with Gasteiger partial charge in [-0.1, -0.05) is 22.0 Å². The maximum atomic E-state index is 12.3. The van der Waals surface area contributed by atoms with Crippen LogP contribution in [0.25, 0.3) is 0 Å². The van der Waals surface area contributed by atoms with Crippen LogP contribution in [0.4, 0.5) is 11.4 Å². The molecule has 3 rings (SSSR count).